The van der Waals surface area contributed by atoms with E-state index in [1.807, 2.05) is 55.6 Å². The third-order valence-corrected chi connectivity index (χ3v) is 6.79. The summed E-state index contributed by atoms with van der Waals surface area (Å²) in [5.41, 5.74) is 4.76. The van der Waals surface area contributed by atoms with Crippen LogP contribution in [0.1, 0.15) is 22.3 Å². The number of anilines is 4. The van der Waals surface area contributed by atoms with Gasteiger partial charge in [0.15, 0.2) is 0 Å². The van der Waals surface area contributed by atoms with Gasteiger partial charge in [-0.3, -0.25) is 14.5 Å². The molecule has 0 saturated heterocycles. The molecule has 0 radical (unpaired) electrons. The minimum Gasteiger partial charge on any atom is -0.495 e. The lowest BCUT2D eigenvalue weighted by Crippen LogP contribution is -2.18. The number of ether oxygens (including phenoxy) is 2. The number of amides is 2. The van der Waals surface area contributed by atoms with E-state index < -0.39 is 0 Å². The van der Waals surface area contributed by atoms with Crippen molar-refractivity contribution in [2.45, 2.75) is 13.0 Å². The van der Waals surface area contributed by atoms with E-state index >= 15 is 0 Å². The molecule has 4 aromatic rings. The Labute approximate surface area is 256 Å². The van der Waals surface area contributed by atoms with Crippen LogP contribution < -0.4 is 25.4 Å². The van der Waals surface area contributed by atoms with Crippen molar-refractivity contribution >= 4 is 34.8 Å². The second-order valence-corrected chi connectivity index (χ2v) is 10.2. The lowest BCUT2D eigenvalue weighted by molar-refractivity contribution is -0.111. The molecule has 0 atom stereocenters. The van der Waals surface area contributed by atoms with Crippen molar-refractivity contribution in [1.82, 2.24) is 14.9 Å². The van der Waals surface area contributed by atoms with E-state index in [1.165, 1.54) is 7.11 Å². The first kappa shape index (κ1) is 30.0. The van der Waals surface area contributed by atoms with Crippen LogP contribution in [0.15, 0.2) is 97.7 Å². The summed E-state index contributed by atoms with van der Waals surface area (Å²) in [4.78, 5) is 36.4. The topological polar surface area (TPSA) is 118 Å². The molecule has 10 heteroatoms. The van der Waals surface area contributed by atoms with Crippen LogP contribution in [-0.2, 0) is 11.3 Å². The monoisotopic (exact) mass is 590 g/mol. The zero-order valence-electron chi connectivity index (χ0n) is 24.7. The highest BCUT2D eigenvalue weighted by Crippen LogP contribution is 2.28. The summed E-state index contributed by atoms with van der Waals surface area (Å²) in [6.45, 7) is 5.42. The lowest BCUT2D eigenvalue weighted by Gasteiger charge is -2.18. The highest BCUT2D eigenvalue weighted by atomic mass is 16.5. The van der Waals surface area contributed by atoms with Crippen LogP contribution in [0.3, 0.4) is 0 Å². The van der Waals surface area contributed by atoms with Gasteiger partial charge in [-0.15, -0.1) is 0 Å². The predicted octanol–water partition coefficient (Wildman–Crippen LogP) is 6.04. The van der Waals surface area contributed by atoms with Crippen LogP contribution in [0, 0.1) is 0 Å². The zero-order chi connectivity index (χ0) is 30.9. The molecule has 0 aliphatic carbocycles. The number of nitrogens with one attached hydrogen (secondary N) is 3. The fourth-order valence-electron chi connectivity index (χ4n) is 4.70. The highest BCUT2D eigenvalue weighted by Gasteiger charge is 2.14. The second-order valence-electron chi connectivity index (χ2n) is 10.2. The molecule has 0 unspecified atom stereocenters. The Balaban J connectivity index is 1.45. The van der Waals surface area contributed by atoms with E-state index in [9.17, 15) is 9.59 Å². The van der Waals surface area contributed by atoms with Gasteiger partial charge in [-0.25, -0.2) is 9.97 Å². The first-order chi connectivity index (χ1) is 21.4. The number of hydrogen-bond donors (Lipinski definition) is 3. The van der Waals surface area contributed by atoms with Crippen molar-refractivity contribution in [3.63, 3.8) is 0 Å². The minimum atomic E-state index is -0.377. The Morgan fingerprint density at radius 3 is 2.80 bits per heavy atom. The fourth-order valence-corrected chi connectivity index (χ4v) is 4.70. The number of fused-ring (bicyclic) bond motifs is 7. The standard InChI is InChI=1S/C34H34N6O4/c1-4-32(41)38-30-12-11-25(20-31(30)43-3)33(42)36-26-17-23-18-27(21-26)37-34-35-14-13-29(39-34)24-9-8-10-28(19-24)44-16-7-5-6-15-40(2)22-23/h4-6,8-14,17-21H,1,7,15-16,22H2,2-3H3,(H,36,42)(H,38,41)(H,35,37,39)/b6-5+. The Kier molecular flexibility index (Phi) is 9.63. The van der Waals surface area contributed by atoms with Gasteiger partial charge in [-0.1, -0.05) is 30.9 Å². The summed E-state index contributed by atoms with van der Waals surface area (Å²) < 4.78 is 11.4. The molecule has 2 heterocycles. The van der Waals surface area contributed by atoms with Gasteiger partial charge in [-0.05, 0) is 79.7 Å². The maximum atomic E-state index is 13.3. The van der Waals surface area contributed by atoms with Gasteiger partial charge in [0.05, 0.1) is 25.1 Å². The molecule has 1 aliphatic rings. The maximum absolute atomic E-state index is 13.3. The van der Waals surface area contributed by atoms with E-state index in [0.717, 1.165) is 47.3 Å². The second kappa shape index (κ2) is 14.1. The molecular weight excluding hydrogens is 556 g/mol. The number of rotatable bonds is 5. The fraction of sp³-hybridized carbons (Fsp3) is 0.176. The SMILES string of the molecule is C=CC(=O)Nc1ccc(C(=O)Nc2cc3cc(c2)Nc2nccc(n2)-c2cccc(c2)OCC/C=C/CN(C)C3)cc1OC. The van der Waals surface area contributed by atoms with Gasteiger partial charge >= 0.3 is 0 Å². The zero-order valence-corrected chi connectivity index (χ0v) is 24.7. The first-order valence-corrected chi connectivity index (χ1v) is 14.1. The average Bonchev–Trinajstić information content (AvgIpc) is 3.02. The number of hydrogen-bond acceptors (Lipinski definition) is 8. The predicted molar refractivity (Wildman–Crippen MR) is 173 cm³/mol. The third kappa shape index (κ3) is 7.87. The molecule has 3 N–H and O–H groups in total. The van der Waals surface area contributed by atoms with Crippen LogP contribution in [0.25, 0.3) is 11.3 Å². The molecular formula is C34H34N6O4. The van der Waals surface area contributed by atoms with Crippen LogP contribution in [0.5, 0.6) is 11.5 Å². The lowest BCUT2D eigenvalue weighted by atomic mass is 10.1. The van der Waals surface area contributed by atoms with Gasteiger partial charge in [0.2, 0.25) is 11.9 Å². The largest absolute Gasteiger partial charge is 0.495 e. The number of aromatic nitrogens is 2. The Hall–Kier alpha value is -5.48. The van der Waals surface area contributed by atoms with Gasteiger partial charge in [0, 0.05) is 41.8 Å². The molecule has 224 valence electrons. The molecule has 6 bridgehead atoms. The number of carbonyl (C=O) groups is 2. The Bertz CT molecular complexity index is 1700. The molecule has 0 spiro atoms. The van der Waals surface area contributed by atoms with E-state index in [0.29, 0.717) is 41.8 Å². The van der Waals surface area contributed by atoms with Crippen molar-refractivity contribution in [1.29, 1.82) is 0 Å². The molecule has 1 aromatic heterocycles. The summed E-state index contributed by atoms with van der Waals surface area (Å²) in [5, 5.41) is 8.98. The molecule has 10 nitrogen and oxygen atoms in total. The maximum Gasteiger partial charge on any atom is 0.255 e. The quantitative estimate of drug-likeness (QED) is 0.190. The molecule has 2 amide bonds. The number of methoxy groups -OCH3 is 1. The van der Waals surface area contributed by atoms with Crippen LogP contribution in [-0.4, -0.2) is 54.0 Å². The summed E-state index contributed by atoms with van der Waals surface area (Å²) in [6, 6.07) is 20.3. The number of benzene rings is 3. The summed E-state index contributed by atoms with van der Waals surface area (Å²) >= 11 is 0. The van der Waals surface area contributed by atoms with Gasteiger partial charge in [0.25, 0.3) is 5.91 Å². The molecule has 5 rings (SSSR count). The van der Waals surface area contributed by atoms with Gasteiger partial charge < -0.3 is 25.4 Å². The van der Waals surface area contributed by atoms with Crippen molar-refractivity contribution in [3.05, 3.63) is 109 Å². The molecule has 0 saturated carbocycles. The highest BCUT2D eigenvalue weighted by molar-refractivity contribution is 6.06. The third-order valence-electron chi connectivity index (χ3n) is 6.79. The van der Waals surface area contributed by atoms with E-state index in [1.54, 1.807) is 24.4 Å². The Morgan fingerprint density at radius 1 is 1.07 bits per heavy atom. The van der Waals surface area contributed by atoms with Gasteiger partial charge in [0.1, 0.15) is 11.5 Å². The average molecular weight is 591 g/mol. The van der Waals surface area contributed by atoms with Crippen molar-refractivity contribution in [2.24, 2.45) is 0 Å². The smallest absolute Gasteiger partial charge is 0.255 e. The van der Waals surface area contributed by atoms with E-state index in [-0.39, 0.29) is 11.8 Å². The molecule has 1 aliphatic heterocycles. The summed E-state index contributed by atoms with van der Waals surface area (Å²) in [7, 11) is 3.51. The number of carbonyl (C=O) groups excluding carboxylic acids is 2. The first-order valence-electron chi connectivity index (χ1n) is 14.1. The minimum absolute atomic E-state index is 0.334. The molecule has 44 heavy (non-hydrogen) atoms. The molecule has 3 aromatic carbocycles. The summed E-state index contributed by atoms with van der Waals surface area (Å²) in [5.74, 6) is 0.844. The number of nitrogens with zero attached hydrogens (tertiary/aromatic N) is 3. The van der Waals surface area contributed by atoms with Crippen molar-refractivity contribution in [3.8, 4) is 22.8 Å². The Morgan fingerprint density at radius 2 is 1.95 bits per heavy atom. The van der Waals surface area contributed by atoms with Crippen LogP contribution in [0.2, 0.25) is 0 Å². The van der Waals surface area contributed by atoms with E-state index in [4.69, 9.17) is 14.5 Å². The van der Waals surface area contributed by atoms with Crippen LogP contribution in [0.4, 0.5) is 23.0 Å². The number of likely N-dealkylation sites (N-methyl/N-ethyl adjacent to an activating group) is 1. The molecule has 0 fully saturated rings. The van der Waals surface area contributed by atoms with E-state index in [2.05, 4.69) is 44.6 Å². The van der Waals surface area contributed by atoms with Crippen molar-refractivity contribution < 1.29 is 19.1 Å². The normalized spacial score (nSPS) is 14.0. The van der Waals surface area contributed by atoms with Gasteiger partial charge in [-0.2, -0.15) is 0 Å². The van der Waals surface area contributed by atoms with Crippen molar-refractivity contribution in [2.75, 3.05) is 43.3 Å². The van der Waals surface area contributed by atoms with Crippen LogP contribution >= 0.6 is 0 Å². The summed E-state index contributed by atoms with van der Waals surface area (Å²) in [6.07, 6.45) is 7.90.